The monoisotopic (exact) mass is 400 g/mol. The summed E-state index contributed by atoms with van der Waals surface area (Å²) in [5, 5.41) is 0. The van der Waals surface area contributed by atoms with Crippen LogP contribution in [0.2, 0.25) is 0 Å². The predicted molar refractivity (Wildman–Crippen MR) is 113 cm³/mol. The van der Waals surface area contributed by atoms with Gasteiger partial charge in [0.25, 0.3) is 10.0 Å². The van der Waals surface area contributed by atoms with Crippen LogP contribution < -0.4 is 9.62 Å². The molecule has 28 heavy (non-hydrogen) atoms. The minimum atomic E-state index is -3.72. The lowest BCUT2D eigenvalue weighted by molar-refractivity contribution is -0.125. The van der Waals surface area contributed by atoms with E-state index >= 15 is 0 Å². The second-order valence-corrected chi connectivity index (χ2v) is 10.3. The Kier molecular flexibility index (Phi) is 5.04. The second kappa shape index (κ2) is 6.92. The van der Waals surface area contributed by atoms with Crippen molar-refractivity contribution in [3.05, 3.63) is 52.6 Å². The van der Waals surface area contributed by atoms with E-state index < -0.39 is 15.4 Å². The van der Waals surface area contributed by atoms with Crippen molar-refractivity contribution in [2.24, 2.45) is 5.41 Å². The third-order valence-electron chi connectivity index (χ3n) is 5.20. The quantitative estimate of drug-likeness (QED) is 0.833. The van der Waals surface area contributed by atoms with Crippen molar-refractivity contribution in [1.82, 2.24) is 0 Å². The predicted octanol–water partition coefficient (Wildman–Crippen LogP) is 4.35. The summed E-state index contributed by atoms with van der Waals surface area (Å²) < 4.78 is 28.6. The van der Waals surface area contributed by atoms with Gasteiger partial charge in [-0.3, -0.25) is 9.52 Å². The van der Waals surface area contributed by atoms with Crippen LogP contribution in [-0.4, -0.2) is 20.9 Å². The average Bonchev–Trinajstić information content (AvgIpc) is 2.99. The Hall–Kier alpha value is -2.34. The lowest BCUT2D eigenvalue weighted by Crippen LogP contribution is -2.38. The van der Waals surface area contributed by atoms with Gasteiger partial charge in [-0.15, -0.1) is 0 Å². The molecule has 0 radical (unpaired) electrons. The number of nitrogens with one attached hydrogen (secondary N) is 1. The molecule has 0 unspecified atom stereocenters. The largest absolute Gasteiger partial charge is 0.311 e. The zero-order chi connectivity index (χ0) is 20.9. The summed E-state index contributed by atoms with van der Waals surface area (Å²) in [6.45, 7) is 12.0. The third-order valence-corrected chi connectivity index (χ3v) is 6.72. The molecule has 0 saturated heterocycles. The topological polar surface area (TPSA) is 66.5 Å². The number of fused-ring (bicyclic) bond motifs is 1. The van der Waals surface area contributed by atoms with Gasteiger partial charge in [0.15, 0.2) is 0 Å². The van der Waals surface area contributed by atoms with E-state index in [1.807, 2.05) is 46.8 Å². The van der Waals surface area contributed by atoms with Crippen molar-refractivity contribution in [2.75, 3.05) is 16.2 Å². The maximum Gasteiger partial charge on any atom is 0.262 e. The van der Waals surface area contributed by atoms with E-state index in [1.165, 1.54) is 0 Å². The van der Waals surface area contributed by atoms with Crippen molar-refractivity contribution >= 4 is 27.3 Å². The molecule has 1 amide bonds. The number of sulfonamides is 1. The van der Waals surface area contributed by atoms with Gasteiger partial charge in [0.1, 0.15) is 0 Å². The van der Waals surface area contributed by atoms with Crippen LogP contribution in [0.4, 0.5) is 11.4 Å². The summed E-state index contributed by atoms with van der Waals surface area (Å²) >= 11 is 0. The lowest BCUT2D eigenvalue weighted by Gasteiger charge is -2.26. The van der Waals surface area contributed by atoms with Gasteiger partial charge in [-0.05, 0) is 67.6 Å². The summed E-state index contributed by atoms with van der Waals surface area (Å²) in [5.74, 6) is 0.0382. The Balaban J connectivity index is 1.95. The molecule has 2 aromatic rings. The molecule has 0 bridgehead atoms. The number of carbonyl (C=O) groups excluding carboxylic acids is 1. The van der Waals surface area contributed by atoms with Crippen LogP contribution in [0.1, 0.15) is 43.0 Å². The molecule has 0 spiro atoms. The summed E-state index contributed by atoms with van der Waals surface area (Å²) in [6, 6.07) is 9.01. The molecule has 0 aromatic heterocycles. The Morgan fingerprint density at radius 3 is 2.29 bits per heavy atom. The van der Waals surface area contributed by atoms with Gasteiger partial charge in [0.05, 0.1) is 10.6 Å². The van der Waals surface area contributed by atoms with Crippen LogP contribution in [0.3, 0.4) is 0 Å². The van der Waals surface area contributed by atoms with E-state index in [4.69, 9.17) is 0 Å². The Labute approximate surface area is 167 Å². The van der Waals surface area contributed by atoms with E-state index in [2.05, 4.69) is 4.72 Å². The molecule has 1 aliphatic heterocycles. The molecule has 1 N–H and O–H groups in total. The van der Waals surface area contributed by atoms with Crippen LogP contribution in [0.25, 0.3) is 0 Å². The van der Waals surface area contributed by atoms with Crippen molar-refractivity contribution in [1.29, 1.82) is 0 Å². The molecule has 3 rings (SSSR count). The molecule has 0 saturated carbocycles. The highest BCUT2D eigenvalue weighted by Gasteiger charge is 2.32. The van der Waals surface area contributed by atoms with Crippen molar-refractivity contribution in [3.8, 4) is 0 Å². The van der Waals surface area contributed by atoms with Gasteiger partial charge in [-0.1, -0.05) is 32.9 Å². The fourth-order valence-corrected chi connectivity index (χ4v) is 4.85. The van der Waals surface area contributed by atoms with Crippen molar-refractivity contribution < 1.29 is 13.2 Å². The lowest BCUT2D eigenvalue weighted by atomic mass is 9.94. The highest BCUT2D eigenvalue weighted by atomic mass is 32.2. The molecule has 1 heterocycles. The zero-order valence-corrected chi connectivity index (χ0v) is 18.2. The molecule has 6 heteroatoms. The molecular weight excluding hydrogens is 372 g/mol. The number of carbonyl (C=O) groups is 1. The van der Waals surface area contributed by atoms with E-state index in [1.54, 1.807) is 30.0 Å². The van der Waals surface area contributed by atoms with Crippen molar-refractivity contribution in [2.45, 2.75) is 52.9 Å². The SMILES string of the molecule is Cc1cc(C)c(S(=O)(=O)Nc2ccc3c(c2)N(C(=O)C(C)(C)C)CC3)cc1C. The number of aryl methyl sites for hydroxylation is 3. The van der Waals surface area contributed by atoms with Gasteiger partial charge in [0, 0.05) is 17.6 Å². The van der Waals surface area contributed by atoms with Crippen LogP contribution in [0.5, 0.6) is 0 Å². The number of nitrogens with zero attached hydrogens (tertiary/aromatic N) is 1. The first-order chi connectivity index (χ1) is 12.9. The van der Waals surface area contributed by atoms with Gasteiger partial charge in [-0.2, -0.15) is 0 Å². The van der Waals surface area contributed by atoms with Gasteiger partial charge < -0.3 is 4.90 Å². The number of rotatable bonds is 3. The normalized spacial score (nSPS) is 14.1. The average molecular weight is 401 g/mol. The van der Waals surface area contributed by atoms with E-state index in [-0.39, 0.29) is 10.8 Å². The molecule has 0 aliphatic carbocycles. The minimum absolute atomic E-state index is 0.0382. The molecule has 150 valence electrons. The Morgan fingerprint density at radius 2 is 1.64 bits per heavy atom. The van der Waals surface area contributed by atoms with E-state index in [0.29, 0.717) is 17.8 Å². The molecule has 2 aromatic carbocycles. The van der Waals surface area contributed by atoms with Crippen LogP contribution >= 0.6 is 0 Å². The summed E-state index contributed by atoms with van der Waals surface area (Å²) in [6.07, 6.45) is 0.778. The molecule has 5 nitrogen and oxygen atoms in total. The number of benzene rings is 2. The number of hydrogen-bond donors (Lipinski definition) is 1. The fourth-order valence-electron chi connectivity index (χ4n) is 3.49. The second-order valence-electron chi connectivity index (χ2n) is 8.61. The summed E-state index contributed by atoms with van der Waals surface area (Å²) in [4.78, 5) is 14.8. The van der Waals surface area contributed by atoms with Crippen molar-refractivity contribution in [3.63, 3.8) is 0 Å². The van der Waals surface area contributed by atoms with Gasteiger partial charge in [-0.25, -0.2) is 8.42 Å². The third kappa shape index (κ3) is 3.78. The van der Waals surface area contributed by atoms with E-state index in [0.717, 1.165) is 28.8 Å². The molecule has 0 atom stereocenters. The van der Waals surface area contributed by atoms with Gasteiger partial charge >= 0.3 is 0 Å². The Morgan fingerprint density at radius 1 is 1.00 bits per heavy atom. The highest BCUT2D eigenvalue weighted by Crippen LogP contribution is 2.34. The smallest absolute Gasteiger partial charge is 0.262 e. The van der Waals surface area contributed by atoms with Crippen LogP contribution in [0.15, 0.2) is 35.2 Å². The molecule has 1 aliphatic rings. The maximum atomic E-state index is 13.0. The number of anilines is 2. The van der Waals surface area contributed by atoms with Crippen LogP contribution in [-0.2, 0) is 21.2 Å². The first-order valence-corrected chi connectivity index (χ1v) is 10.9. The van der Waals surface area contributed by atoms with E-state index in [9.17, 15) is 13.2 Å². The highest BCUT2D eigenvalue weighted by molar-refractivity contribution is 7.92. The zero-order valence-electron chi connectivity index (χ0n) is 17.4. The fraction of sp³-hybridized carbons (Fsp3) is 0.409. The van der Waals surface area contributed by atoms with Crippen LogP contribution in [0, 0.1) is 26.2 Å². The first-order valence-electron chi connectivity index (χ1n) is 9.46. The summed E-state index contributed by atoms with van der Waals surface area (Å²) in [7, 11) is -3.72. The maximum absolute atomic E-state index is 13.0. The number of amides is 1. The molecule has 0 fully saturated rings. The first kappa shape index (κ1) is 20.4. The standard InChI is InChI=1S/C22H28N2O3S/c1-14-11-16(3)20(12-15(14)2)28(26,27)23-18-8-7-17-9-10-24(19(17)13-18)21(25)22(4,5)6/h7-8,11-13,23H,9-10H2,1-6H3. The molecular formula is C22H28N2O3S. The number of hydrogen-bond acceptors (Lipinski definition) is 3. The van der Waals surface area contributed by atoms with Gasteiger partial charge in [0.2, 0.25) is 5.91 Å². The summed E-state index contributed by atoms with van der Waals surface area (Å²) in [5.41, 5.74) is 4.52. The minimum Gasteiger partial charge on any atom is -0.311 e. The Bertz CT molecular complexity index is 1050.